The first kappa shape index (κ1) is 11.9. The van der Waals surface area contributed by atoms with Gasteiger partial charge in [0.15, 0.2) is 0 Å². The van der Waals surface area contributed by atoms with Crippen LogP contribution in [0.15, 0.2) is 30.3 Å². The van der Waals surface area contributed by atoms with Crippen LogP contribution in [0.2, 0.25) is 0 Å². The lowest BCUT2D eigenvalue weighted by atomic mass is 10.1. The van der Waals surface area contributed by atoms with Gasteiger partial charge < -0.3 is 5.32 Å². The van der Waals surface area contributed by atoms with Crippen LogP contribution in [0.3, 0.4) is 0 Å². The Bertz CT molecular complexity index is 537. The van der Waals surface area contributed by atoms with Crippen LogP contribution in [-0.2, 0) is 6.54 Å². The SMILES string of the molecule is Cc1cccc(F)c1-c1ccc(CNC2CC2)s1. The second kappa shape index (κ2) is 4.82. The van der Waals surface area contributed by atoms with Gasteiger partial charge in [-0.15, -0.1) is 11.3 Å². The normalized spacial score (nSPS) is 15.0. The lowest BCUT2D eigenvalue weighted by Gasteiger charge is -2.04. The van der Waals surface area contributed by atoms with Crippen LogP contribution in [-0.4, -0.2) is 6.04 Å². The second-order valence-corrected chi connectivity index (χ2v) is 6.02. The van der Waals surface area contributed by atoms with Gasteiger partial charge in [0.25, 0.3) is 0 Å². The van der Waals surface area contributed by atoms with Gasteiger partial charge in [0.05, 0.1) is 0 Å². The van der Waals surface area contributed by atoms with Gasteiger partial charge in [0, 0.05) is 27.9 Å². The van der Waals surface area contributed by atoms with E-state index in [1.807, 2.05) is 19.1 Å². The first-order valence-electron chi connectivity index (χ1n) is 6.31. The molecule has 18 heavy (non-hydrogen) atoms. The molecule has 0 saturated heterocycles. The predicted octanol–water partition coefficient (Wildman–Crippen LogP) is 4.11. The average molecular weight is 261 g/mol. The Morgan fingerprint density at radius 2 is 2.11 bits per heavy atom. The van der Waals surface area contributed by atoms with Crippen molar-refractivity contribution >= 4 is 11.3 Å². The molecule has 0 spiro atoms. The summed E-state index contributed by atoms with van der Waals surface area (Å²) >= 11 is 1.68. The van der Waals surface area contributed by atoms with Crippen molar-refractivity contribution in [1.29, 1.82) is 0 Å². The molecule has 1 nitrogen and oxygen atoms in total. The van der Waals surface area contributed by atoms with E-state index in [1.54, 1.807) is 17.4 Å². The van der Waals surface area contributed by atoms with Gasteiger partial charge in [-0.25, -0.2) is 4.39 Å². The van der Waals surface area contributed by atoms with Crippen molar-refractivity contribution < 1.29 is 4.39 Å². The summed E-state index contributed by atoms with van der Waals surface area (Å²) in [6.07, 6.45) is 2.59. The molecule has 0 aliphatic heterocycles. The molecule has 0 amide bonds. The minimum Gasteiger partial charge on any atom is -0.309 e. The summed E-state index contributed by atoms with van der Waals surface area (Å²) in [6.45, 7) is 2.86. The predicted molar refractivity (Wildman–Crippen MR) is 74.3 cm³/mol. The largest absolute Gasteiger partial charge is 0.309 e. The fourth-order valence-electron chi connectivity index (χ4n) is 2.08. The van der Waals surface area contributed by atoms with Gasteiger partial charge in [-0.05, 0) is 43.5 Å². The smallest absolute Gasteiger partial charge is 0.132 e. The standard InChI is InChI=1S/C15H16FNS/c1-10-3-2-4-13(16)15(10)14-8-7-12(18-14)9-17-11-5-6-11/h2-4,7-8,11,17H,5-6,9H2,1H3. The van der Waals surface area contributed by atoms with Crippen LogP contribution in [0.4, 0.5) is 4.39 Å². The Morgan fingerprint density at radius 1 is 1.28 bits per heavy atom. The van der Waals surface area contributed by atoms with Crippen molar-refractivity contribution in [2.45, 2.75) is 32.4 Å². The van der Waals surface area contributed by atoms with E-state index in [4.69, 9.17) is 0 Å². The number of aryl methyl sites for hydroxylation is 1. The van der Waals surface area contributed by atoms with Crippen molar-refractivity contribution in [2.24, 2.45) is 0 Å². The van der Waals surface area contributed by atoms with Crippen LogP contribution >= 0.6 is 11.3 Å². The maximum absolute atomic E-state index is 13.9. The lowest BCUT2D eigenvalue weighted by Crippen LogP contribution is -2.14. The highest BCUT2D eigenvalue weighted by Gasteiger charge is 2.20. The molecule has 1 saturated carbocycles. The van der Waals surface area contributed by atoms with Crippen molar-refractivity contribution in [3.8, 4) is 10.4 Å². The summed E-state index contributed by atoms with van der Waals surface area (Å²) in [6, 6.07) is 10.1. The molecule has 94 valence electrons. The summed E-state index contributed by atoms with van der Waals surface area (Å²) in [5.41, 5.74) is 1.75. The number of nitrogens with one attached hydrogen (secondary N) is 1. The maximum Gasteiger partial charge on any atom is 0.132 e. The number of benzene rings is 1. The van der Waals surface area contributed by atoms with Crippen molar-refractivity contribution in [3.63, 3.8) is 0 Å². The van der Waals surface area contributed by atoms with Gasteiger partial charge in [-0.1, -0.05) is 12.1 Å². The minimum absolute atomic E-state index is 0.126. The Balaban J connectivity index is 1.83. The molecule has 1 aromatic heterocycles. The number of hydrogen-bond donors (Lipinski definition) is 1. The number of rotatable bonds is 4. The molecule has 0 atom stereocenters. The van der Waals surface area contributed by atoms with Crippen LogP contribution in [0, 0.1) is 12.7 Å². The van der Waals surface area contributed by atoms with Gasteiger partial charge in [0.2, 0.25) is 0 Å². The minimum atomic E-state index is -0.126. The van der Waals surface area contributed by atoms with Crippen LogP contribution < -0.4 is 5.32 Å². The summed E-state index contributed by atoms with van der Waals surface area (Å²) in [5, 5.41) is 3.48. The molecule has 1 aliphatic rings. The number of hydrogen-bond acceptors (Lipinski definition) is 2. The van der Waals surface area contributed by atoms with E-state index in [-0.39, 0.29) is 5.82 Å². The molecule has 2 aromatic rings. The van der Waals surface area contributed by atoms with Gasteiger partial charge in [0.1, 0.15) is 5.82 Å². The second-order valence-electron chi connectivity index (χ2n) is 4.85. The first-order valence-corrected chi connectivity index (χ1v) is 7.13. The van der Waals surface area contributed by atoms with Crippen LogP contribution in [0.5, 0.6) is 0 Å². The molecule has 1 aliphatic carbocycles. The summed E-state index contributed by atoms with van der Waals surface area (Å²) < 4.78 is 13.9. The molecule has 1 heterocycles. The van der Waals surface area contributed by atoms with E-state index in [0.717, 1.165) is 22.5 Å². The van der Waals surface area contributed by atoms with Crippen molar-refractivity contribution in [2.75, 3.05) is 0 Å². The van der Waals surface area contributed by atoms with E-state index in [9.17, 15) is 4.39 Å². The average Bonchev–Trinajstić information content (AvgIpc) is 3.06. The van der Waals surface area contributed by atoms with Crippen LogP contribution in [0.25, 0.3) is 10.4 Å². The van der Waals surface area contributed by atoms with E-state index in [0.29, 0.717) is 6.04 Å². The summed E-state index contributed by atoms with van der Waals surface area (Å²) in [4.78, 5) is 2.30. The fourth-order valence-corrected chi connectivity index (χ4v) is 3.15. The van der Waals surface area contributed by atoms with Crippen molar-refractivity contribution in [1.82, 2.24) is 5.32 Å². The molecule has 1 N–H and O–H groups in total. The Morgan fingerprint density at radius 3 is 2.83 bits per heavy atom. The quantitative estimate of drug-likeness (QED) is 0.873. The fraction of sp³-hybridized carbons (Fsp3) is 0.333. The van der Waals surface area contributed by atoms with E-state index in [2.05, 4.69) is 11.4 Å². The first-order chi connectivity index (χ1) is 8.74. The molecule has 0 radical (unpaired) electrons. The third-order valence-corrected chi connectivity index (χ3v) is 4.38. The Labute approximate surface area is 111 Å². The monoisotopic (exact) mass is 261 g/mol. The summed E-state index contributed by atoms with van der Waals surface area (Å²) in [5.74, 6) is -0.126. The molecule has 1 aromatic carbocycles. The lowest BCUT2D eigenvalue weighted by molar-refractivity contribution is 0.630. The molecule has 3 heteroatoms. The number of thiophene rings is 1. The maximum atomic E-state index is 13.9. The zero-order valence-corrected chi connectivity index (χ0v) is 11.2. The topological polar surface area (TPSA) is 12.0 Å². The third-order valence-electron chi connectivity index (χ3n) is 3.27. The number of halogens is 1. The van der Waals surface area contributed by atoms with Gasteiger partial charge in [-0.2, -0.15) is 0 Å². The summed E-state index contributed by atoms with van der Waals surface area (Å²) in [7, 11) is 0. The van der Waals surface area contributed by atoms with E-state index >= 15 is 0 Å². The van der Waals surface area contributed by atoms with Crippen molar-refractivity contribution in [3.05, 3.63) is 46.6 Å². The Kier molecular flexibility index (Phi) is 3.18. The molecule has 3 rings (SSSR count). The molecule has 1 fully saturated rings. The molecular weight excluding hydrogens is 245 g/mol. The molecular formula is C15H16FNS. The third kappa shape index (κ3) is 2.47. The van der Waals surface area contributed by atoms with Crippen LogP contribution in [0.1, 0.15) is 23.3 Å². The molecule has 0 bridgehead atoms. The van der Waals surface area contributed by atoms with Gasteiger partial charge >= 0.3 is 0 Å². The highest BCUT2D eigenvalue weighted by atomic mass is 32.1. The van der Waals surface area contributed by atoms with Gasteiger partial charge in [-0.3, -0.25) is 0 Å². The Hall–Kier alpha value is -1.19. The highest BCUT2D eigenvalue weighted by Crippen LogP contribution is 2.33. The highest BCUT2D eigenvalue weighted by molar-refractivity contribution is 7.15. The zero-order valence-electron chi connectivity index (χ0n) is 10.4. The van der Waals surface area contributed by atoms with E-state index in [1.165, 1.54) is 23.8 Å². The molecule has 0 unspecified atom stereocenters. The zero-order chi connectivity index (χ0) is 12.5. The van der Waals surface area contributed by atoms with E-state index < -0.39 is 0 Å².